The molecule has 0 bridgehead atoms. The first kappa shape index (κ1) is 16.9. The lowest BCUT2D eigenvalue weighted by atomic mass is 9.93. The van der Waals surface area contributed by atoms with E-state index in [-0.39, 0.29) is 30.4 Å². The minimum Gasteiger partial charge on any atom is -0.482 e. The maximum absolute atomic E-state index is 12.3. The van der Waals surface area contributed by atoms with Crippen LogP contribution in [0.25, 0.3) is 0 Å². The van der Waals surface area contributed by atoms with Gasteiger partial charge in [0.25, 0.3) is 5.91 Å². The van der Waals surface area contributed by atoms with Crippen LogP contribution in [0.3, 0.4) is 0 Å². The van der Waals surface area contributed by atoms with Crippen molar-refractivity contribution >= 4 is 35.0 Å². The maximum atomic E-state index is 12.3. The summed E-state index contributed by atoms with van der Waals surface area (Å²) in [6.45, 7) is 2.12. The molecule has 0 unspecified atom stereocenters. The van der Waals surface area contributed by atoms with Gasteiger partial charge in [0.2, 0.25) is 5.91 Å². The molecule has 22 heavy (non-hydrogen) atoms. The fourth-order valence-electron chi connectivity index (χ4n) is 2.50. The van der Waals surface area contributed by atoms with Gasteiger partial charge in [-0.1, -0.05) is 23.2 Å². The molecule has 1 aromatic rings. The summed E-state index contributed by atoms with van der Waals surface area (Å²) in [5.41, 5.74) is 5.34. The van der Waals surface area contributed by atoms with E-state index in [1.54, 1.807) is 23.1 Å². The van der Waals surface area contributed by atoms with Crippen LogP contribution in [0.1, 0.15) is 19.8 Å². The molecule has 0 aromatic heterocycles. The molecule has 1 aliphatic rings. The van der Waals surface area contributed by atoms with Gasteiger partial charge in [-0.3, -0.25) is 9.59 Å². The molecule has 0 radical (unpaired) electrons. The number of benzene rings is 1. The van der Waals surface area contributed by atoms with Crippen LogP contribution in [-0.4, -0.2) is 35.9 Å². The Morgan fingerprint density at radius 2 is 2.09 bits per heavy atom. The molecule has 0 aliphatic carbocycles. The van der Waals surface area contributed by atoms with Gasteiger partial charge in [0.1, 0.15) is 5.75 Å². The van der Waals surface area contributed by atoms with E-state index in [2.05, 4.69) is 0 Å². The monoisotopic (exact) mass is 344 g/mol. The molecule has 2 N–H and O–H groups in total. The first-order chi connectivity index (χ1) is 10.4. The number of halogens is 2. The number of ether oxygens (including phenoxy) is 1. The Morgan fingerprint density at radius 3 is 2.77 bits per heavy atom. The largest absolute Gasteiger partial charge is 0.482 e. The number of hydrogen-bond acceptors (Lipinski definition) is 3. The summed E-state index contributed by atoms with van der Waals surface area (Å²) in [7, 11) is 0. The van der Waals surface area contributed by atoms with Gasteiger partial charge in [0.05, 0.1) is 10.9 Å². The maximum Gasteiger partial charge on any atom is 0.260 e. The Morgan fingerprint density at radius 1 is 1.36 bits per heavy atom. The zero-order valence-electron chi connectivity index (χ0n) is 12.2. The van der Waals surface area contributed by atoms with Crippen LogP contribution in [0.5, 0.6) is 5.75 Å². The summed E-state index contributed by atoms with van der Waals surface area (Å²) >= 11 is 11.9. The molecular weight excluding hydrogens is 327 g/mol. The van der Waals surface area contributed by atoms with Crippen LogP contribution in [-0.2, 0) is 9.59 Å². The van der Waals surface area contributed by atoms with Gasteiger partial charge in [-0.05, 0) is 31.9 Å². The standard InChI is InChI=1S/C15H18Cl2N2O3/c1-9-2-3-10(15(18)21)7-19(9)14(20)8-22-13-6-11(16)4-5-12(13)17/h4-6,9-10H,2-3,7-8H2,1H3,(H2,18,21)/t9-,10+/m1/s1. The van der Waals surface area contributed by atoms with Crippen LogP contribution in [0, 0.1) is 5.92 Å². The molecule has 1 fully saturated rings. The normalized spacial score (nSPS) is 21.5. The van der Waals surface area contributed by atoms with E-state index in [0.29, 0.717) is 28.8 Å². The molecule has 1 aliphatic heterocycles. The predicted octanol–water partition coefficient (Wildman–Crippen LogP) is 2.48. The highest BCUT2D eigenvalue weighted by atomic mass is 35.5. The van der Waals surface area contributed by atoms with Crippen molar-refractivity contribution in [3.63, 3.8) is 0 Å². The Hall–Kier alpha value is -1.46. The number of nitrogens with two attached hydrogens (primary N) is 1. The van der Waals surface area contributed by atoms with Crippen molar-refractivity contribution in [1.82, 2.24) is 4.90 Å². The highest BCUT2D eigenvalue weighted by Gasteiger charge is 2.31. The third-order valence-electron chi connectivity index (χ3n) is 3.85. The van der Waals surface area contributed by atoms with Gasteiger partial charge in [0.15, 0.2) is 6.61 Å². The van der Waals surface area contributed by atoms with Gasteiger partial charge in [-0.15, -0.1) is 0 Å². The second kappa shape index (κ2) is 7.20. The summed E-state index contributed by atoms with van der Waals surface area (Å²) in [4.78, 5) is 25.3. The molecule has 7 heteroatoms. The highest BCUT2D eigenvalue weighted by molar-refractivity contribution is 6.34. The van der Waals surface area contributed by atoms with Crippen molar-refractivity contribution in [3.05, 3.63) is 28.2 Å². The van der Waals surface area contributed by atoms with E-state index in [9.17, 15) is 9.59 Å². The number of amides is 2. The topological polar surface area (TPSA) is 72.6 Å². The Bertz CT molecular complexity index is 580. The van der Waals surface area contributed by atoms with Crippen molar-refractivity contribution in [2.75, 3.05) is 13.2 Å². The van der Waals surface area contributed by atoms with E-state index < -0.39 is 0 Å². The number of hydrogen-bond donors (Lipinski definition) is 1. The zero-order chi connectivity index (χ0) is 16.3. The first-order valence-corrected chi connectivity index (χ1v) is 7.80. The number of carbonyl (C=O) groups is 2. The fourth-order valence-corrected chi connectivity index (χ4v) is 2.83. The molecule has 5 nitrogen and oxygen atoms in total. The Balaban J connectivity index is 1.98. The lowest BCUT2D eigenvalue weighted by molar-refractivity contribution is -0.139. The minimum absolute atomic E-state index is 0.0570. The van der Waals surface area contributed by atoms with Gasteiger partial charge in [0, 0.05) is 23.7 Å². The predicted molar refractivity (Wildman–Crippen MR) is 85.1 cm³/mol. The zero-order valence-corrected chi connectivity index (χ0v) is 13.7. The number of nitrogens with zero attached hydrogens (tertiary/aromatic N) is 1. The van der Waals surface area contributed by atoms with Crippen molar-refractivity contribution < 1.29 is 14.3 Å². The van der Waals surface area contributed by atoms with E-state index >= 15 is 0 Å². The SMILES string of the molecule is C[C@@H]1CC[C@H](C(N)=O)CN1C(=O)COc1cc(Cl)ccc1Cl. The molecule has 2 atom stereocenters. The molecule has 2 rings (SSSR count). The molecule has 0 saturated carbocycles. The number of likely N-dealkylation sites (tertiary alicyclic amines) is 1. The van der Waals surface area contributed by atoms with Crippen LogP contribution < -0.4 is 10.5 Å². The van der Waals surface area contributed by atoms with Gasteiger partial charge >= 0.3 is 0 Å². The van der Waals surface area contributed by atoms with Crippen LogP contribution in [0.2, 0.25) is 10.0 Å². The molecule has 1 heterocycles. The Labute approximate surface area is 139 Å². The van der Waals surface area contributed by atoms with E-state index in [1.165, 1.54) is 0 Å². The van der Waals surface area contributed by atoms with Crippen LogP contribution in [0.4, 0.5) is 0 Å². The average molecular weight is 345 g/mol. The Kier molecular flexibility index (Phi) is 5.53. The average Bonchev–Trinajstić information content (AvgIpc) is 2.48. The van der Waals surface area contributed by atoms with E-state index in [0.717, 1.165) is 6.42 Å². The number of piperidine rings is 1. The van der Waals surface area contributed by atoms with Crippen molar-refractivity contribution in [2.45, 2.75) is 25.8 Å². The number of carbonyl (C=O) groups excluding carboxylic acids is 2. The molecule has 1 aromatic carbocycles. The number of rotatable bonds is 4. The quantitative estimate of drug-likeness (QED) is 0.911. The molecule has 120 valence electrons. The summed E-state index contributed by atoms with van der Waals surface area (Å²) in [5, 5.41) is 0.867. The minimum atomic E-state index is -0.372. The van der Waals surface area contributed by atoms with E-state index in [1.807, 2.05) is 6.92 Å². The third kappa shape index (κ3) is 4.05. The second-order valence-corrected chi connectivity index (χ2v) is 6.28. The molecular formula is C15H18Cl2N2O3. The number of primary amides is 1. The van der Waals surface area contributed by atoms with Crippen LogP contribution in [0.15, 0.2) is 18.2 Å². The van der Waals surface area contributed by atoms with E-state index in [4.69, 9.17) is 33.7 Å². The first-order valence-electron chi connectivity index (χ1n) is 7.05. The summed E-state index contributed by atoms with van der Waals surface area (Å²) in [6, 6.07) is 4.86. The summed E-state index contributed by atoms with van der Waals surface area (Å²) < 4.78 is 5.45. The summed E-state index contributed by atoms with van der Waals surface area (Å²) in [6.07, 6.45) is 1.46. The van der Waals surface area contributed by atoms with Gasteiger partial charge in [-0.2, -0.15) is 0 Å². The van der Waals surface area contributed by atoms with Gasteiger partial charge < -0.3 is 15.4 Å². The smallest absolute Gasteiger partial charge is 0.260 e. The highest BCUT2D eigenvalue weighted by Crippen LogP contribution is 2.28. The molecule has 1 saturated heterocycles. The lowest BCUT2D eigenvalue weighted by Gasteiger charge is -2.36. The molecule has 2 amide bonds. The van der Waals surface area contributed by atoms with Crippen molar-refractivity contribution in [2.24, 2.45) is 11.7 Å². The second-order valence-electron chi connectivity index (χ2n) is 5.44. The summed E-state index contributed by atoms with van der Waals surface area (Å²) in [5.74, 6) is -0.508. The third-order valence-corrected chi connectivity index (χ3v) is 4.40. The van der Waals surface area contributed by atoms with Crippen molar-refractivity contribution in [3.8, 4) is 5.75 Å². The lowest BCUT2D eigenvalue weighted by Crippen LogP contribution is -2.50. The van der Waals surface area contributed by atoms with Gasteiger partial charge in [-0.25, -0.2) is 0 Å². The fraction of sp³-hybridized carbons (Fsp3) is 0.467. The van der Waals surface area contributed by atoms with Crippen LogP contribution >= 0.6 is 23.2 Å². The van der Waals surface area contributed by atoms with Crippen molar-refractivity contribution in [1.29, 1.82) is 0 Å². The molecule has 0 spiro atoms.